The first-order valence-corrected chi connectivity index (χ1v) is 8.69. The first-order valence-electron chi connectivity index (χ1n) is 7.70. The van der Waals surface area contributed by atoms with Gasteiger partial charge in [-0.2, -0.15) is 0 Å². The summed E-state index contributed by atoms with van der Waals surface area (Å²) in [6.07, 6.45) is 1.86. The molecule has 4 nitrogen and oxygen atoms in total. The Morgan fingerprint density at radius 1 is 1.13 bits per heavy atom. The van der Waals surface area contributed by atoms with Crippen molar-refractivity contribution >= 4 is 23.7 Å². The van der Waals surface area contributed by atoms with E-state index in [1.807, 2.05) is 18.2 Å². The third kappa shape index (κ3) is 3.72. The Labute approximate surface area is 142 Å². The zero-order chi connectivity index (χ0) is 17.6. The van der Waals surface area contributed by atoms with Crippen molar-refractivity contribution in [2.24, 2.45) is 5.84 Å². The Bertz CT molecular complexity index is 632. The number of hydrogen-bond donors (Lipinski definition) is 2. The summed E-state index contributed by atoms with van der Waals surface area (Å²) in [6.45, 7) is 12.4. The number of amides is 1. The van der Waals surface area contributed by atoms with Crippen molar-refractivity contribution in [2.75, 3.05) is 5.88 Å². The molecular formula is C18H26N2O2S. The van der Waals surface area contributed by atoms with Crippen molar-refractivity contribution in [1.29, 1.82) is 0 Å². The molecule has 1 saturated heterocycles. The van der Waals surface area contributed by atoms with E-state index >= 15 is 0 Å². The van der Waals surface area contributed by atoms with Gasteiger partial charge in [0.15, 0.2) is 0 Å². The van der Waals surface area contributed by atoms with Crippen LogP contribution in [-0.2, 0) is 15.6 Å². The number of hydrogen-bond acceptors (Lipinski definition) is 4. The molecule has 1 aliphatic rings. The number of thioether (sulfide) groups is 1. The van der Waals surface area contributed by atoms with Crippen molar-refractivity contribution in [3.8, 4) is 5.75 Å². The fraction of sp³-hybridized carbons (Fsp3) is 0.500. The van der Waals surface area contributed by atoms with Crippen LogP contribution < -0.4 is 5.84 Å². The molecule has 0 spiro atoms. The zero-order valence-corrected chi connectivity index (χ0v) is 15.5. The van der Waals surface area contributed by atoms with Crippen LogP contribution in [0.3, 0.4) is 0 Å². The molecule has 1 aromatic carbocycles. The summed E-state index contributed by atoms with van der Waals surface area (Å²) in [5.41, 5.74) is 2.31. The average Bonchev–Trinajstić information content (AvgIpc) is 2.70. The highest BCUT2D eigenvalue weighted by Gasteiger charge is 2.28. The predicted octanol–water partition coefficient (Wildman–Crippen LogP) is 3.73. The molecule has 0 radical (unpaired) electrons. The Kier molecular flexibility index (Phi) is 4.57. The lowest BCUT2D eigenvalue weighted by Gasteiger charge is -2.28. The summed E-state index contributed by atoms with van der Waals surface area (Å²) in [7, 11) is 0. The van der Waals surface area contributed by atoms with Crippen LogP contribution in [0.5, 0.6) is 5.75 Å². The molecule has 2 rings (SSSR count). The van der Waals surface area contributed by atoms with Crippen LogP contribution in [0.25, 0.3) is 6.08 Å². The van der Waals surface area contributed by atoms with Crippen LogP contribution in [0.15, 0.2) is 17.0 Å². The van der Waals surface area contributed by atoms with Gasteiger partial charge in [-0.1, -0.05) is 53.3 Å². The number of rotatable bonds is 1. The van der Waals surface area contributed by atoms with E-state index in [1.165, 1.54) is 16.8 Å². The first-order chi connectivity index (χ1) is 10.4. The molecule has 1 aromatic rings. The molecule has 1 fully saturated rings. The molecular weight excluding hydrogens is 308 g/mol. The molecule has 5 heteroatoms. The number of phenols is 1. The number of carbonyl (C=O) groups excluding carboxylic acids is 1. The summed E-state index contributed by atoms with van der Waals surface area (Å²) in [5, 5.41) is 11.9. The minimum absolute atomic E-state index is 0.155. The summed E-state index contributed by atoms with van der Waals surface area (Å²) in [4.78, 5) is 12.6. The van der Waals surface area contributed by atoms with Crippen molar-refractivity contribution in [2.45, 2.75) is 52.4 Å². The lowest BCUT2D eigenvalue weighted by atomic mass is 9.78. The molecule has 1 aliphatic heterocycles. The van der Waals surface area contributed by atoms with Gasteiger partial charge in [-0.25, -0.2) is 5.84 Å². The van der Waals surface area contributed by atoms with Crippen LogP contribution in [0, 0.1) is 0 Å². The number of nitrogens with zero attached hydrogens (tertiary/aromatic N) is 1. The second-order valence-corrected chi connectivity index (χ2v) is 9.01. The highest BCUT2D eigenvalue weighted by Crippen LogP contribution is 2.40. The molecule has 3 N–H and O–H groups in total. The molecule has 1 amide bonds. The second kappa shape index (κ2) is 5.87. The van der Waals surface area contributed by atoms with E-state index in [0.717, 1.165) is 16.7 Å². The Balaban J connectivity index is 2.62. The summed E-state index contributed by atoms with van der Waals surface area (Å²) in [6, 6.07) is 3.93. The van der Waals surface area contributed by atoms with E-state index in [9.17, 15) is 9.90 Å². The van der Waals surface area contributed by atoms with Gasteiger partial charge < -0.3 is 5.11 Å². The molecule has 126 valence electrons. The lowest BCUT2D eigenvalue weighted by molar-refractivity contribution is -0.124. The summed E-state index contributed by atoms with van der Waals surface area (Å²) < 4.78 is 0. The van der Waals surface area contributed by atoms with E-state index in [0.29, 0.717) is 16.5 Å². The molecule has 0 bridgehead atoms. The lowest BCUT2D eigenvalue weighted by Crippen LogP contribution is -2.31. The van der Waals surface area contributed by atoms with E-state index in [1.54, 1.807) is 0 Å². The van der Waals surface area contributed by atoms with Crippen molar-refractivity contribution in [3.05, 3.63) is 33.7 Å². The van der Waals surface area contributed by atoms with Gasteiger partial charge >= 0.3 is 0 Å². The monoisotopic (exact) mass is 334 g/mol. The van der Waals surface area contributed by atoms with Crippen molar-refractivity contribution in [3.63, 3.8) is 0 Å². The number of nitrogens with two attached hydrogens (primary N) is 1. The van der Waals surface area contributed by atoms with Gasteiger partial charge in [0.05, 0.1) is 10.8 Å². The predicted molar refractivity (Wildman–Crippen MR) is 97.0 cm³/mol. The Hall–Kier alpha value is -1.46. The van der Waals surface area contributed by atoms with Crippen LogP contribution in [-0.4, -0.2) is 21.9 Å². The fourth-order valence-electron chi connectivity index (χ4n) is 2.54. The minimum Gasteiger partial charge on any atom is -0.507 e. The Morgan fingerprint density at radius 3 is 1.96 bits per heavy atom. The quantitative estimate of drug-likeness (QED) is 0.466. The topological polar surface area (TPSA) is 66.6 Å². The molecule has 23 heavy (non-hydrogen) atoms. The molecule has 0 saturated carbocycles. The summed E-state index contributed by atoms with van der Waals surface area (Å²) >= 11 is 1.43. The normalized spacial score (nSPS) is 18.1. The maximum absolute atomic E-state index is 12.0. The second-order valence-electron chi connectivity index (χ2n) is 8.02. The molecule has 0 aliphatic carbocycles. The van der Waals surface area contributed by atoms with Crippen LogP contribution in [0.1, 0.15) is 58.2 Å². The third-order valence-electron chi connectivity index (χ3n) is 3.88. The van der Waals surface area contributed by atoms with Gasteiger partial charge in [0.1, 0.15) is 5.75 Å². The van der Waals surface area contributed by atoms with Gasteiger partial charge in [-0.3, -0.25) is 9.80 Å². The smallest absolute Gasteiger partial charge is 0.275 e. The van der Waals surface area contributed by atoms with Gasteiger partial charge in [-0.05, 0) is 34.6 Å². The summed E-state index contributed by atoms with van der Waals surface area (Å²) in [5.74, 6) is 6.29. The van der Waals surface area contributed by atoms with E-state index < -0.39 is 0 Å². The van der Waals surface area contributed by atoms with Gasteiger partial charge in [0, 0.05) is 11.1 Å². The maximum atomic E-state index is 12.0. The molecule has 0 unspecified atom stereocenters. The standard InChI is InChI=1S/C18H26N2O2S/c1-17(2,3)12-7-11(8-13(15(12)21)18(4,5)6)9-14-16(22)20(19)10-23-14/h7-9,21H,10,19H2,1-6H3. The van der Waals surface area contributed by atoms with Gasteiger partial charge in [-0.15, -0.1) is 0 Å². The molecule has 0 aromatic heterocycles. The van der Waals surface area contributed by atoms with Crippen LogP contribution in [0.2, 0.25) is 0 Å². The number of benzene rings is 1. The number of aromatic hydroxyl groups is 1. The molecule has 1 heterocycles. The first kappa shape index (κ1) is 17.9. The van der Waals surface area contributed by atoms with Crippen molar-refractivity contribution < 1.29 is 9.90 Å². The molecule has 0 atom stereocenters. The number of hydrazine groups is 1. The third-order valence-corrected chi connectivity index (χ3v) is 4.89. The largest absolute Gasteiger partial charge is 0.507 e. The number of phenolic OH excluding ortho intramolecular Hbond substituents is 1. The Morgan fingerprint density at radius 2 is 1.61 bits per heavy atom. The van der Waals surface area contributed by atoms with E-state index in [-0.39, 0.29) is 16.7 Å². The highest BCUT2D eigenvalue weighted by molar-refractivity contribution is 8.04. The van der Waals surface area contributed by atoms with Crippen LogP contribution in [0.4, 0.5) is 0 Å². The van der Waals surface area contributed by atoms with E-state index in [4.69, 9.17) is 5.84 Å². The van der Waals surface area contributed by atoms with Crippen LogP contribution >= 0.6 is 11.8 Å². The van der Waals surface area contributed by atoms with Gasteiger partial charge in [0.25, 0.3) is 5.91 Å². The maximum Gasteiger partial charge on any atom is 0.275 e. The SMILES string of the molecule is CC(C)(C)c1cc(C=C2SCN(N)C2=O)cc(C(C)(C)C)c1O. The minimum atomic E-state index is -0.189. The zero-order valence-electron chi connectivity index (χ0n) is 14.7. The van der Waals surface area contributed by atoms with Crippen molar-refractivity contribution in [1.82, 2.24) is 5.01 Å². The number of carbonyl (C=O) groups is 1. The van der Waals surface area contributed by atoms with Gasteiger partial charge in [0.2, 0.25) is 0 Å². The fourth-order valence-corrected chi connectivity index (χ4v) is 3.39. The average molecular weight is 334 g/mol. The van der Waals surface area contributed by atoms with E-state index in [2.05, 4.69) is 41.5 Å². The highest BCUT2D eigenvalue weighted by atomic mass is 32.2.